The number of rotatable bonds is 2. The maximum Gasteiger partial charge on any atom is 0.500 e. The molecule has 1 aromatic heterocycles. The Balaban J connectivity index is 2.28. The zero-order valence-electron chi connectivity index (χ0n) is 9.51. The van der Waals surface area contributed by atoms with Crippen molar-refractivity contribution in [2.24, 2.45) is 0 Å². The minimum Gasteiger partial charge on any atom is -0.505 e. The fourth-order valence-electron chi connectivity index (χ4n) is 1.61. The van der Waals surface area contributed by atoms with Crippen molar-refractivity contribution in [2.45, 2.75) is 6.92 Å². The molecule has 1 fully saturated rings. The molecule has 2 rings (SSSR count). The Morgan fingerprint density at radius 3 is 2.94 bits per heavy atom. The van der Waals surface area contributed by atoms with Crippen LogP contribution in [0.15, 0.2) is 4.52 Å². The van der Waals surface area contributed by atoms with Gasteiger partial charge in [0.1, 0.15) is 13.1 Å². The first-order valence-electron chi connectivity index (χ1n) is 5.37. The standard InChI is InChI=1S/C9H14N4O4/c1-2-16-9(14)13-8(7(10)17-11-13)12-3-5-15-6-4-12/h10H,2-6H2,1H3. The lowest BCUT2D eigenvalue weighted by Crippen LogP contribution is -2.54. The number of anilines is 1. The molecule has 8 nitrogen and oxygen atoms in total. The molecule has 0 unspecified atom stereocenters. The highest BCUT2D eigenvalue weighted by Crippen LogP contribution is 2.04. The number of nitrogens with zero attached hydrogens (tertiary/aromatic N) is 3. The molecule has 0 aliphatic carbocycles. The van der Waals surface area contributed by atoms with Crippen LogP contribution in [0.5, 0.6) is 0 Å². The van der Waals surface area contributed by atoms with E-state index in [9.17, 15) is 4.79 Å². The molecule has 0 saturated carbocycles. The summed E-state index contributed by atoms with van der Waals surface area (Å²) < 4.78 is 15.7. The molecule has 1 aromatic rings. The lowest BCUT2D eigenvalue weighted by Gasteiger charge is -2.21. The third-order valence-corrected chi connectivity index (χ3v) is 2.37. The monoisotopic (exact) mass is 242 g/mol. The van der Waals surface area contributed by atoms with Crippen molar-refractivity contribution >= 4 is 11.9 Å². The van der Waals surface area contributed by atoms with Crippen molar-refractivity contribution < 1.29 is 23.5 Å². The number of aromatic nitrogens is 2. The fourth-order valence-corrected chi connectivity index (χ4v) is 1.61. The molecule has 94 valence electrons. The summed E-state index contributed by atoms with van der Waals surface area (Å²) >= 11 is 0. The third-order valence-electron chi connectivity index (χ3n) is 2.37. The summed E-state index contributed by atoms with van der Waals surface area (Å²) in [5.41, 5.74) is -0.153. The molecule has 0 atom stereocenters. The largest absolute Gasteiger partial charge is 0.505 e. The van der Waals surface area contributed by atoms with Gasteiger partial charge in [0, 0.05) is 0 Å². The molecule has 1 aliphatic heterocycles. The molecule has 2 heterocycles. The van der Waals surface area contributed by atoms with Crippen LogP contribution in [0.2, 0.25) is 0 Å². The van der Waals surface area contributed by atoms with Crippen LogP contribution < -0.4 is 20.4 Å². The van der Waals surface area contributed by atoms with Crippen LogP contribution in [-0.4, -0.2) is 39.0 Å². The number of hydrogen-bond acceptors (Lipinski definition) is 6. The summed E-state index contributed by atoms with van der Waals surface area (Å²) in [6.45, 7) is 4.23. The number of ether oxygens (including phenoxy) is 2. The lowest BCUT2D eigenvalue weighted by atomic mass is 10.4. The second kappa shape index (κ2) is 5.00. The second-order valence-electron chi connectivity index (χ2n) is 3.44. The first-order valence-corrected chi connectivity index (χ1v) is 5.37. The van der Waals surface area contributed by atoms with Gasteiger partial charge in [-0.15, -0.1) is 0 Å². The van der Waals surface area contributed by atoms with Crippen LogP contribution in [-0.2, 0) is 9.47 Å². The van der Waals surface area contributed by atoms with E-state index in [1.54, 1.807) is 6.92 Å². The molecule has 8 heteroatoms. The van der Waals surface area contributed by atoms with E-state index in [2.05, 4.69) is 5.27 Å². The minimum absolute atomic E-state index is 0.153. The average molecular weight is 242 g/mol. The van der Waals surface area contributed by atoms with E-state index in [0.717, 1.165) is 4.68 Å². The van der Waals surface area contributed by atoms with Crippen molar-refractivity contribution in [3.63, 3.8) is 0 Å². The van der Waals surface area contributed by atoms with Crippen molar-refractivity contribution in [1.82, 2.24) is 5.27 Å². The third kappa shape index (κ3) is 2.31. The van der Waals surface area contributed by atoms with Crippen molar-refractivity contribution in [2.75, 3.05) is 37.8 Å². The first kappa shape index (κ1) is 11.6. The van der Waals surface area contributed by atoms with Gasteiger partial charge < -0.3 is 19.3 Å². The van der Waals surface area contributed by atoms with Gasteiger partial charge in [0.25, 0.3) is 5.55 Å². The molecule has 0 bridgehead atoms. The first-order chi connectivity index (χ1) is 8.24. The number of carbonyl (C=O) groups is 1. The van der Waals surface area contributed by atoms with Gasteiger partial charge in [-0.2, -0.15) is 4.68 Å². The van der Waals surface area contributed by atoms with Crippen LogP contribution in [0.1, 0.15) is 6.92 Å². The van der Waals surface area contributed by atoms with E-state index >= 15 is 0 Å². The SMILES string of the molecule is CCOC(=O)[n+]1[n-]oc(=N)c1N1CCOCC1. The topological polar surface area (TPSA) is 93.7 Å². The van der Waals surface area contributed by atoms with Crippen LogP contribution in [0.4, 0.5) is 10.6 Å². The van der Waals surface area contributed by atoms with Crippen LogP contribution in [0.3, 0.4) is 0 Å². The summed E-state index contributed by atoms with van der Waals surface area (Å²) in [5.74, 6) is 0.312. The Morgan fingerprint density at radius 2 is 2.29 bits per heavy atom. The zero-order valence-corrected chi connectivity index (χ0v) is 9.51. The molecule has 0 radical (unpaired) electrons. The van der Waals surface area contributed by atoms with Gasteiger partial charge in [-0.3, -0.25) is 10.3 Å². The molecule has 17 heavy (non-hydrogen) atoms. The van der Waals surface area contributed by atoms with Crippen molar-refractivity contribution in [1.29, 1.82) is 5.41 Å². The van der Waals surface area contributed by atoms with Gasteiger partial charge in [0.15, 0.2) is 0 Å². The van der Waals surface area contributed by atoms with Crippen molar-refractivity contribution in [3.05, 3.63) is 5.55 Å². The molecule has 1 N–H and O–H groups in total. The van der Waals surface area contributed by atoms with Gasteiger partial charge in [0.2, 0.25) is 0 Å². The van der Waals surface area contributed by atoms with Gasteiger partial charge in [-0.1, -0.05) is 0 Å². The molecular formula is C9H14N4O4. The van der Waals surface area contributed by atoms with E-state index in [1.165, 1.54) is 0 Å². The van der Waals surface area contributed by atoms with E-state index in [0.29, 0.717) is 32.1 Å². The highest BCUT2D eigenvalue weighted by Gasteiger charge is 2.27. The van der Waals surface area contributed by atoms with Gasteiger partial charge in [-0.05, 0) is 6.92 Å². The Morgan fingerprint density at radius 1 is 1.59 bits per heavy atom. The maximum absolute atomic E-state index is 11.6. The van der Waals surface area contributed by atoms with E-state index in [4.69, 9.17) is 19.4 Å². The maximum atomic E-state index is 11.6. The molecule has 0 spiro atoms. The number of nitrogens with one attached hydrogen (secondary N) is 1. The summed E-state index contributed by atoms with van der Waals surface area (Å²) in [5, 5.41) is 11.1. The number of hydrogen-bond donors (Lipinski definition) is 1. The molecule has 0 aromatic carbocycles. The predicted molar refractivity (Wildman–Crippen MR) is 53.5 cm³/mol. The highest BCUT2D eigenvalue weighted by atomic mass is 16.6. The number of morpholine rings is 1. The van der Waals surface area contributed by atoms with Crippen LogP contribution in [0, 0.1) is 5.41 Å². The van der Waals surface area contributed by atoms with Crippen LogP contribution in [0.25, 0.3) is 0 Å². The average Bonchev–Trinajstić information content (AvgIpc) is 2.73. The van der Waals surface area contributed by atoms with Crippen LogP contribution >= 0.6 is 0 Å². The summed E-state index contributed by atoms with van der Waals surface area (Å²) in [6, 6.07) is 0. The number of carbonyl (C=O) groups excluding carboxylic acids is 1. The summed E-state index contributed by atoms with van der Waals surface area (Å²) in [4.78, 5) is 13.4. The molecule has 0 amide bonds. The van der Waals surface area contributed by atoms with E-state index in [1.807, 2.05) is 4.90 Å². The Bertz CT molecular complexity index is 446. The summed E-state index contributed by atoms with van der Waals surface area (Å²) in [6.07, 6.45) is -0.642. The fraction of sp³-hybridized carbons (Fsp3) is 0.667. The molecule has 1 aliphatic rings. The Labute approximate surface area is 97.2 Å². The lowest BCUT2D eigenvalue weighted by molar-refractivity contribution is -0.653. The van der Waals surface area contributed by atoms with Crippen molar-refractivity contribution in [3.8, 4) is 0 Å². The van der Waals surface area contributed by atoms with Gasteiger partial charge in [-0.25, -0.2) is 4.79 Å². The second-order valence-corrected chi connectivity index (χ2v) is 3.44. The van der Waals surface area contributed by atoms with Gasteiger partial charge in [0.05, 0.1) is 19.8 Å². The van der Waals surface area contributed by atoms with Gasteiger partial charge >= 0.3 is 11.9 Å². The summed E-state index contributed by atoms with van der Waals surface area (Å²) in [7, 11) is 0. The van der Waals surface area contributed by atoms with E-state index in [-0.39, 0.29) is 12.2 Å². The van der Waals surface area contributed by atoms with E-state index < -0.39 is 6.09 Å². The predicted octanol–water partition coefficient (Wildman–Crippen LogP) is -1.16. The Kier molecular flexibility index (Phi) is 3.43. The quantitative estimate of drug-likeness (QED) is 0.658. The molecular weight excluding hydrogens is 228 g/mol. The normalized spacial score (nSPS) is 15.9. The Hall–Kier alpha value is -1.83. The molecule has 1 saturated heterocycles. The highest BCUT2D eigenvalue weighted by molar-refractivity contribution is 5.58. The zero-order chi connectivity index (χ0) is 12.3. The smallest absolute Gasteiger partial charge is 0.500 e. The minimum atomic E-state index is -0.642.